The van der Waals surface area contributed by atoms with Gasteiger partial charge in [0.05, 0.1) is 17.4 Å². The van der Waals surface area contributed by atoms with E-state index in [1.165, 1.54) is 0 Å². The van der Waals surface area contributed by atoms with Crippen LogP contribution in [0.3, 0.4) is 0 Å². The number of rotatable bonds is 4. The summed E-state index contributed by atoms with van der Waals surface area (Å²) in [5.74, 6) is -0.121. The van der Waals surface area contributed by atoms with Crippen molar-refractivity contribution >= 4 is 5.91 Å². The molecule has 7 nitrogen and oxygen atoms in total. The molecule has 1 N–H and O–H groups in total. The van der Waals surface area contributed by atoms with Crippen molar-refractivity contribution in [1.82, 2.24) is 29.9 Å². The molecule has 0 fully saturated rings. The third-order valence-corrected chi connectivity index (χ3v) is 4.62. The molecular formula is C18H22N6O. The van der Waals surface area contributed by atoms with Gasteiger partial charge in [0, 0.05) is 31.5 Å². The zero-order valence-corrected chi connectivity index (χ0v) is 15.1. The average molecular weight is 338 g/mol. The molecule has 0 bridgehead atoms. The first-order valence-corrected chi connectivity index (χ1v) is 8.14. The minimum absolute atomic E-state index is 0.0946. The highest BCUT2D eigenvalue weighted by Crippen LogP contribution is 2.26. The zero-order valence-electron chi connectivity index (χ0n) is 15.1. The lowest BCUT2D eigenvalue weighted by Crippen LogP contribution is -2.30. The van der Waals surface area contributed by atoms with Gasteiger partial charge >= 0.3 is 0 Å². The van der Waals surface area contributed by atoms with Gasteiger partial charge in [-0.25, -0.2) is 0 Å². The Hall–Kier alpha value is -2.96. The Balaban J connectivity index is 1.84. The minimum atomic E-state index is -0.121. The SMILES string of the molecule is Cc1nn(C)c(C)c1C(C)N(C)C(=O)c1cc(-c2ccccn2)n[nH]1. The van der Waals surface area contributed by atoms with Crippen LogP contribution in [0.15, 0.2) is 30.5 Å². The van der Waals surface area contributed by atoms with Crippen LogP contribution in [-0.4, -0.2) is 42.8 Å². The molecule has 7 heteroatoms. The molecule has 3 aromatic rings. The second-order valence-corrected chi connectivity index (χ2v) is 6.18. The molecule has 130 valence electrons. The van der Waals surface area contributed by atoms with Crippen molar-refractivity contribution < 1.29 is 4.79 Å². The molecule has 0 saturated carbocycles. The molecule has 3 rings (SSSR count). The lowest BCUT2D eigenvalue weighted by Gasteiger charge is -2.25. The third kappa shape index (κ3) is 3.05. The highest BCUT2D eigenvalue weighted by atomic mass is 16.2. The number of hydrogen-bond donors (Lipinski definition) is 1. The van der Waals surface area contributed by atoms with Gasteiger partial charge < -0.3 is 4.90 Å². The summed E-state index contributed by atoms with van der Waals surface area (Å²) in [4.78, 5) is 18.8. The predicted octanol–water partition coefficient (Wildman–Crippen LogP) is 2.66. The Bertz CT molecular complexity index is 896. The van der Waals surface area contributed by atoms with Crippen LogP contribution in [0.1, 0.15) is 40.4 Å². The lowest BCUT2D eigenvalue weighted by molar-refractivity contribution is 0.0736. The van der Waals surface area contributed by atoms with Gasteiger partial charge in [0.1, 0.15) is 11.4 Å². The second kappa shape index (κ2) is 6.51. The Morgan fingerprint density at radius 2 is 2.04 bits per heavy atom. The summed E-state index contributed by atoms with van der Waals surface area (Å²) in [7, 11) is 3.70. The van der Waals surface area contributed by atoms with E-state index in [0.717, 1.165) is 22.6 Å². The molecule has 0 aliphatic heterocycles. The van der Waals surface area contributed by atoms with E-state index in [1.807, 2.05) is 50.7 Å². The molecule has 1 amide bonds. The van der Waals surface area contributed by atoms with E-state index in [2.05, 4.69) is 20.3 Å². The standard InChI is InChI=1S/C18H22N6O/c1-11-17(13(3)24(5)22-11)12(2)23(4)18(25)16-10-15(20-21-16)14-8-6-7-9-19-14/h6-10,12H,1-5H3,(H,20,21). The van der Waals surface area contributed by atoms with Crippen molar-refractivity contribution in [2.24, 2.45) is 7.05 Å². The quantitative estimate of drug-likeness (QED) is 0.793. The first-order chi connectivity index (χ1) is 11.9. The molecule has 1 atom stereocenters. The number of aromatic amines is 1. The van der Waals surface area contributed by atoms with Gasteiger partial charge in [-0.3, -0.25) is 19.6 Å². The van der Waals surface area contributed by atoms with Crippen LogP contribution in [0.5, 0.6) is 0 Å². The van der Waals surface area contributed by atoms with Crippen LogP contribution in [0.4, 0.5) is 0 Å². The van der Waals surface area contributed by atoms with Gasteiger partial charge in [0.2, 0.25) is 0 Å². The molecule has 1 unspecified atom stereocenters. The van der Waals surface area contributed by atoms with Crippen LogP contribution in [0, 0.1) is 13.8 Å². The second-order valence-electron chi connectivity index (χ2n) is 6.18. The van der Waals surface area contributed by atoms with E-state index in [9.17, 15) is 4.79 Å². The number of aromatic nitrogens is 5. The van der Waals surface area contributed by atoms with E-state index in [-0.39, 0.29) is 11.9 Å². The van der Waals surface area contributed by atoms with Gasteiger partial charge in [-0.1, -0.05) is 6.07 Å². The summed E-state index contributed by atoms with van der Waals surface area (Å²) in [5, 5.41) is 11.5. The zero-order chi connectivity index (χ0) is 18.1. The van der Waals surface area contributed by atoms with Gasteiger partial charge in [-0.05, 0) is 39.0 Å². The fourth-order valence-corrected chi connectivity index (χ4v) is 3.03. The normalized spacial score (nSPS) is 12.2. The van der Waals surface area contributed by atoms with Gasteiger partial charge in [-0.2, -0.15) is 10.2 Å². The molecule has 0 radical (unpaired) electrons. The Morgan fingerprint density at radius 3 is 2.64 bits per heavy atom. The van der Waals surface area contributed by atoms with Crippen LogP contribution in [0.25, 0.3) is 11.4 Å². The van der Waals surface area contributed by atoms with Crippen molar-refractivity contribution in [2.45, 2.75) is 26.8 Å². The molecule has 0 saturated heterocycles. The van der Waals surface area contributed by atoms with Crippen LogP contribution >= 0.6 is 0 Å². The number of amides is 1. The molecule has 3 aromatic heterocycles. The fraction of sp³-hybridized carbons (Fsp3) is 0.333. The monoisotopic (exact) mass is 338 g/mol. The summed E-state index contributed by atoms with van der Waals surface area (Å²) in [6.45, 7) is 5.98. The maximum Gasteiger partial charge on any atom is 0.272 e. The van der Waals surface area contributed by atoms with Gasteiger partial charge in [0.25, 0.3) is 5.91 Å². The highest BCUT2D eigenvalue weighted by molar-refractivity contribution is 5.93. The summed E-state index contributed by atoms with van der Waals surface area (Å²) < 4.78 is 1.84. The number of nitrogens with one attached hydrogen (secondary N) is 1. The van der Waals surface area contributed by atoms with E-state index in [1.54, 1.807) is 24.2 Å². The number of nitrogens with zero attached hydrogens (tertiary/aromatic N) is 5. The van der Waals surface area contributed by atoms with Gasteiger partial charge in [0.15, 0.2) is 0 Å². The number of H-pyrrole nitrogens is 1. The smallest absolute Gasteiger partial charge is 0.272 e. The van der Waals surface area contributed by atoms with E-state index in [0.29, 0.717) is 11.4 Å². The number of pyridine rings is 1. The predicted molar refractivity (Wildman–Crippen MR) is 95.0 cm³/mol. The highest BCUT2D eigenvalue weighted by Gasteiger charge is 2.25. The van der Waals surface area contributed by atoms with Crippen LogP contribution in [0.2, 0.25) is 0 Å². The number of hydrogen-bond acceptors (Lipinski definition) is 4. The summed E-state index contributed by atoms with van der Waals surface area (Å²) in [6.07, 6.45) is 1.70. The molecule has 0 spiro atoms. The summed E-state index contributed by atoms with van der Waals surface area (Å²) in [6, 6.07) is 7.23. The Kier molecular flexibility index (Phi) is 4.39. The van der Waals surface area contributed by atoms with Crippen molar-refractivity contribution in [3.63, 3.8) is 0 Å². The topological polar surface area (TPSA) is 79.7 Å². The number of carbonyl (C=O) groups excluding carboxylic acids is 1. The first kappa shape index (κ1) is 16.9. The number of carbonyl (C=O) groups is 1. The molecule has 3 heterocycles. The molecular weight excluding hydrogens is 316 g/mol. The van der Waals surface area contributed by atoms with E-state index < -0.39 is 0 Å². The summed E-state index contributed by atoms with van der Waals surface area (Å²) >= 11 is 0. The molecule has 0 aliphatic rings. The maximum atomic E-state index is 12.8. The van der Waals surface area contributed by atoms with Crippen LogP contribution < -0.4 is 0 Å². The van der Waals surface area contributed by atoms with Crippen molar-refractivity contribution in [1.29, 1.82) is 0 Å². The lowest BCUT2D eigenvalue weighted by atomic mass is 10.0. The Morgan fingerprint density at radius 1 is 1.28 bits per heavy atom. The molecule has 0 aromatic carbocycles. The molecule has 0 aliphatic carbocycles. The van der Waals surface area contributed by atoms with Crippen molar-refractivity contribution in [3.05, 3.63) is 53.1 Å². The molecule has 25 heavy (non-hydrogen) atoms. The maximum absolute atomic E-state index is 12.8. The summed E-state index contributed by atoms with van der Waals surface area (Å²) in [5.41, 5.74) is 4.89. The minimum Gasteiger partial charge on any atom is -0.333 e. The Labute approximate surface area is 146 Å². The fourth-order valence-electron chi connectivity index (χ4n) is 3.03. The van der Waals surface area contributed by atoms with Crippen molar-refractivity contribution in [2.75, 3.05) is 7.05 Å². The average Bonchev–Trinajstić information content (AvgIpc) is 3.19. The largest absolute Gasteiger partial charge is 0.333 e. The first-order valence-electron chi connectivity index (χ1n) is 8.14. The van der Waals surface area contributed by atoms with Gasteiger partial charge in [-0.15, -0.1) is 0 Å². The van der Waals surface area contributed by atoms with E-state index in [4.69, 9.17) is 0 Å². The third-order valence-electron chi connectivity index (χ3n) is 4.62. The van der Waals surface area contributed by atoms with Crippen molar-refractivity contribution in [3.8, 4) is 11.4 Å². The number of aryl methyl sites for hydroxylation is 2. The van der Waals surface area contributed by atoms with E-state index >= 15 is 0 Å². The van der Waals surface area contributed by atoms with Crippen LogP contribution in [-0.2, 0) is 7.05 Å².